The van der Waals surface area contributed by atoms with Crippen LogP contribution in [0.1, 0.15) is 23.9 Å². The number of nitro benzene ring substituents is 1. The lowest BCUT2D eigenvalue weighted by molar-refractivity contribution is -0.384. The van der Waals surface area contributed by atoms with Crippen LogP contribution < -0.4 is 10.5 Å². The van der Waals surface area contributed by atoms with Gasteiger partial charge in [-0.15, -0.1) is 0 Å². The topological polar surface area (TPSA) is 81.3 Å². The molecule has 38 heavy (non-hydrogen) atoms. The van der Waals surface area contributed by atoms with Crippen LogP contribution in [0.5, 0.6) is 0 Å². The maximum absolute atomic E-state index is 13.5. The number of hydrogen-bond acceptors (Lipinski definition) is 5. The van der Waals surface area contributed by atoms with Gasteiger partial charge in [0, 0.05) is 30.9 Å². The molecule has 188 valence electrons. The predicted octanol–water partition coefficient (Wildman–Crippen LogP) is 6.49. The Balaban J connectivity index is 1.49. The van der Waals surface area contributed by atoms with Crippen LogP contribution >= 0.6 is 0 Å². The summed E-state index contributed by atoms with van der Waals surface area (Å²) in [6, 6.07) is 31.9. The molecule has 0 atom stereocenters. The number of fused-ring (bicyclic) bond motifs is 1. The van der Waals surface area contributed by atoms with E-state index < -0.39 is 4.92 Å². The van der Waals surface area contributed by atoms with Gasteiger partial charge >= 0.3 is 0 Å². The van der Waals surface area contributed by atoms with E-state index in [0.717, 1.165) is 24.3 Å². The summed E-state index contributed by atoms with van der Waals surface area (Å²) in [7, 11) is 0. The molecular weight excluding hydrogens is 476 g/mol. The monoisotopic (exact) mass is 502 g/mol. The van der Waals surface area contributed by atoms with Gasteiger partial charge in [0.05, 0.1) is 21.5 Å². The van der Waals surface area contributed by atoms with E-state index in [2.05, 4.69) is 41.1 Å². The van der Waals surface area contributed by atoms with E-state index >= 15 is 0 Å². The number of anilines is 1. The summed E-state index contributed by atoms with van der Waals surface area (Å²) in [4.78, 5) is 31.2. The highest BCUT2D eigenvalue weighted by atomic mass is 16.6. The molecule has 0 unspecified atom stereocenters. The largest absolute Gasteiger partial charge is 0.367 e. The Morgan fingerprint density at radius 1 is 0.895 bits per heavy atom. The van der Waals surface area contributed by atoms with Crippen LogP contribution in [0.4, 0.5) is 11.4 Å². The van der Waals surface area contributed by atoms with Crippen molar-refractivity contribution in [3.63, 3.8) is 0 Å². The van der Waals surface area contributed by atoms with Gasteiger partial charge in [-0.2, -0.15) is 0 Å². The highest BCUT2D eigenvalue weighted by molar-refractivity contribution is 5.82. The van der Waals surface area contributed by atoms with Crippen molar-refractivity contribution in [3.05, 3.63) is 141 Å². The molecule has 0 saturated heterocycles. The van der Waals surface area contributed by atoms with E-state index in [4.69, 9.17) is 0 Å². The molecule has 0 bridgehead atoms. The maximum atomic E-state index is 13.5. The van der Waals surface area contributed by atoms with Crippen molar-refractivity contribution in [1.29, 1.82) is 0 Å². The Labute approximate surface area is 220 Å². The minimum atomic E-state index is -0.511. The summed E-state index contributed by atoms with van der Waals surface area (Å²) < 4.78 is 1.48. The van der Waals surface area contributed by atoms with Crippen molar-refractivity contribution in [2.45, 2.75) is 13.5 Å². The second-order valence-electron chi connectivity index (χ2n) is 8.83. The second kappa shape index (κ2) is 10.9. The van der Waals surface area contributed by atoms with Crippen LogP contribution in [0, 0.1) is 10.1 Å². The standard InChI is InChI=1S/C31H26N4O3/c1-2-33(22-24-9-5-3-6-10-24)25-16-13-23(14-17-25)15-20-30-32-29-19-18-27(35(37)38)21-28(29)31(36)34(30)26-11-7-4-8-12-26/h3-21H,2,22H2,1H3/b20-15+. The summed E-state index contributed by atoms with van der Waals surface area (Å²) in [6.07, 6.45) is 3.71. The quantitative estimate of drug-likeness (QED) is 0.179. The minimum absolute atomic E-state index is 0.146. The van der Waals surface area contributed by atoms with Gasteiger partial charge in [0.2, 0.25) is 0 Å². The fourth-order valence-corrected chi connectivity index (χ4v) is 4.40. The third-order valence-corrected chi connectivity index (χ3v) is 6.38. The van der Waals surface area contributed by atoms with E-state index in [0.29, 0.717) is 17.0 Å². The van der Waals surface area contributed by atoms with Crippen LogP contribution in [-0.2, 0) is 6.54 Å². The van der Waals surface area contributed by atoms with Gasteiger partial charge in [0.25, 0.3) is 11.2 Å². The van der Waals surface area contributed by atoms with Crippen molar-refractivity contribution in [2.75, 3.05) is 11.4 Å². The molecule has 0 aliphatic rings. The Morgan fingerprint density at radius 2 is 1.58 bits per heavy atom. The van der Waals surface area contributed by atoms with Gasteiger partial charge in [-0.25, -0.2) is 4.98 Å². The first-order chi connectivity index (χ1) is 18.5. The molecule has 0 aliphatic carbocycles. The fraction of sp³-hybridized carbons (Fsp3) is 0.0968. The average molecular weight is 503 g/mol. The number of rotatable bonds is 8. The third-order valence-electron chi connectivity index (χ3n) is 6.38. The summed E-state index contributed by atoms with van der Waals surface area (Å²) in [5, 5.41) is 11.5. The third kappa shape index (κ3) is 5.22. The summed E-state index contributed by atoms with van der Waals surface area (Å²) >= 11 is 0. The predicted molar refractivity (Wildman–Crippen MR) is 153 cm³/mol. The molecule has 0 saturated carbocycles. The van der Waals surface area contributed by atoms with Gasteiger partial charge in [-0.05, 0) is 54.5 Å². The Bertz CT molecular complexity index is 1660. The summed E-state index contributed by atoms with van der Waals surface area (Å²) in [6.45, 7) is 3.85. The zero-order valence-corrected chi connectivity index (χ0v) is 20.9. The molecule has 0 aliphatic heterocycles. The molecule has 0 N–H and O–H groups in total. The SMILES string of the molecule is CCN(Cc1ccccc1)c1ccc(/C=C/c2nc3ccc([N+](=O)[O-])cc3c(=O)n2-c2ccccc2)cc1. The normalized spacial score (nSPS) is 11.2. The van der Waals surface area contributed by atoms with E-state index in [1.54, 1.807) is 6.08 Å². The molecule has 4 aromatic carbocycles. The molecule has 0 fully saturated rings. The van der Waals surface area contributed by atoms with E-state index in [1.807, 2.05) is 66.7 Å². The molecule has 0 radical (unpaired) electrons. The maximum Gasteiger partial charge on any atom is 0.270 e. The van der Waals surface area contributed by atoms with Crippen molar-refractivity contribution >= 4 is 34.4 Å². The fourth-order valence-electron chi connectivity index (χ4n) is 4.40. The molecule has 0 spiro atoms. The number of aromatic nitrogens is 2. The molecule has 1 aromatic heterocycles. The first kappa shape index (κ1) is 24.6. The van der Waals surface area contributed by atoms with Crippen molar-refractivity contribution < 1.29 is 4.92 Å². The molecule has 0 amide bonds. The van der Waals surface area contributed by atoms with Gasteiger partial charge in [-0.1, -0.05) is 66.7 Å². The number of hydrogen-bond donors (Lipinski definition) is 0. The Hall–Kier alpha value is -5.04. The minimum Gasteiger partial charge on any atom is -0.367 e. The zero-order valence-electron chi connectivity index (χ0n) is 20.9. The number of non-ortho nitro benzene ring substituents is 1. The molecule has 5 rings (SSSR count). The highest BCUT2D eigenvalue weighted by Gasteiger charge is 2.15. The Kier molecular flexibility index (Phi) is 7.08. The average Bonchev–Trinajstić information content (AvgIpc) is 2.96. The summed E-state index contributed by atoms with van der Waals surface area (Å²) in [5.41, 5.74) is 3.87. The zero-order chi connectivity index (χ0) is 26.5. The van der Waals surface area contributed by atoms with Crippen LogP contribution in [0.3, 0.4) is 0 Å². The lowest BCUT2D eigenvalue weighted by Crippen LogP contribution is -2.22. The first-order valence-electron chi connectivity index (χ1n) is 12.4. The lowest BCUT2D eigenvalue weighted by atomic mass is 10.1. The number of benzene rings is 4. The second-order valence-corrected chi connectivity index (χ2v) is 8.83. The molecular formula is C31H26N4O3. The van der Waals surface area contributed by atoms with E-state index in [-0.39, 0.29) is 16.6 Å². The van der Waals surface area contributed by atoms with Gasteiger partial charge in [0.15, 0.2) is 0 Å². The van der Waals surface area contributed by atoms with Crippen molar-refractivity contribution in [1.82, 2.24) is 9.55 Å². The van der Waals surface area contributed by atoms with Crippen LogP contribution in [0.25, 0.3) is 28.7 Å². The smallest absolute Gasteiger partial charge is 0.270 e. The molecule has 7 nitrogen and oxygen atoms in total. The van der Waals surface area contributed by atoms with Crippen molar-refractivity contribution in [3.8, 4) is 5.69 Å². The Morgan fingerprint density at radius 3 is 2.24 bits per heavy atom. The highest BCUT2D eigenvalue weighted by Crippen LogP contribution is 2.22. The van der Waals surface area contributed by atoms with Crippen molar-refractivity contribution in [2.24, 2.45) is 0 Å². The van der Waals surface area contributed by atoms with E-state index in [1.165, 1.54) is 28.3 Å². The molecule has 1 heterocycles. The van der Waals surface area contributed by atoms with E-state index in [9.17, 15) is 14.9 Å². The van der Waals surface area contributed by atoms with Crippen LogP contribution in [-0.4, -0.2) is 21.0 Å². The van der Waals surface area contributed by atoms with Gasteiger partial charge in [0.1, 0.15) is 5.82 Å². The van der Waals surface area contributed by atoms with Crippen LogP contribution in [0.2, 0.25) is 0 Å². The molecule has 5 aromatic rings. The summed E-state index contributed by atoms with van der Waals surface area (Å²) in [5.74, 6) is 0.436. The van der Waals surface area contributed by atoms with Gasteiger partial charge in [-0.3, -0.25) is 19.5 Å². The van der Waals surface area contributed by atoms with Gasteiger partial charge < -0.3 is 4.90 Å². The van der Waals surface area contributed by atoms with Crippen LogP contribution in [0.15, 0.2) is 108 Å². The number of nitro groups is 1. The first-order valence-corrected chi connectivity index (χ1v) is 12.4. The lowest BCUT2D eigenvalue weighted by Gasteiger charge is -2.23. The number of nitrogens with zero attached hydrogens (tertiary/aromatic N) is 4. The number of para-hydroxylation sites is 1. The molecule has 7 heteroatoms.